The summed E-state index contributed by atoms with van der Waals surface area (Å²) in [6, 6.07) is 1.42. The van der Waals surface area contributed by atoms with Gasteiger partial charge in [-0.25, -0.2) is 19.1 Å². The van der Waals surface area contributed by atoms with Crippen LogP contribution in [0.2, 0.25) is 5.15 Å². The molecule has 0 aliphatic carbocycles. The highest BCUT2D eigenvalue weighted by Crippen LogP contribution is 2.21. The number of hydrogen-bond acceptors (Lipinski definition) is 6. The van der Waals surface area contributed by atoms with Crippen molar-refractivity contribution in [2.24, 2.45) is 0 Å². The van der Waals surface area contributed by atoms with Crippen LogP contribution in [0.25, 0.3) is 5.65 Å². The van der Waals surface area contributed by atoms with E-state index >= 15 is 0 Å². The van der Waals surface area contributed by atoms with E-state index in [1.807, 2.05) is 0 Å². The number of esters is 1. The molecule has 0 spiro atoms. The lowest BCUT2D eigenvalue weighted by Gasteiger charge is -2.19. The van der Waals surface area contributed by atoms with Gasteiger partial charge < -0.3 is 9.47 Å². The summed E-state index contributed by atoms with van der Waals surface area (Å²) in [6.07, 6.45) is 0.710. The molecule has 23 heavy (non-hydrogen) atoms. The lowest BCUT2D eigenvalue weighted by atomic mass is 10.2. The number of nitrogens with zero attached hydrogens (tertiary/aromatic N) is 3. The fraction of sp³-hybridized carbons (Fsp3) is 0.429. The lowest BCUT2D eigenvalue weighted by Crippen LogP contribution is -2.27. The number of carbonyl (C=O) groups excluding carboxylic acids is 2. The van der Waals surface area contributed by atoms with Crippen LogP contribution in [0.5, 0.6) is 0 Å². The van der Waals surface area contributed by atoms with E-state index in [-0.39, 0.29) is 28.8 Å². The van der Waals surface area contributed by atoms with E-state index in [2.05, 4.69) is 15.4 Å². The van der Waals surface area contributed by atoms with Crippen LogP contribution in [-0.2, 0) is 9.47 Å². The van der Waals surface area contributed by atoms with E-state index in [1.165, 1.54) is 16.8 Å². The van der Waals surface area contributed by atoms with Gasteiger partial charge in [0.05, 0.1) is 18.5 Å². The Hall–Kier alpha value is -2.35. The van der Waals surface area contributed by atoms with Gasteiger partial charge in [-0.1, -0.05) is 11.6 Å². The summed E-state index contributed by atoms with van der Waals surface area (Å²) >= 11 is 5.92. The van der Waals surface area contributed by atoms with E-state index in [4.69, 9.17) is 21.1 Å². The number of nitrogens with one attached hydrogen (secondary N) is 1. The third kappa shape index (κ3) is 4.32. The molecule has 0 fully saturated rings. The molecular weight excluding hydrogens is 324 g/mol. The first-order valence-corrected chi connectivity index (χ1v) is 7.30. The zero-order valence-corrected chi connectivity index (χ0v) is 14.0. The molecule has 0 saturated heterocycles. The number of halogens is 1. The number of fused-ring (bicyclic) bond motifs is 1. The molecule has 0 unspecified atom stereocenters. The van der Waals surface area contributed by atoms with Gasteiger partial charge in [-0.3, -0.25) is 5.32 Å². The third-order valence-electron chi connectivity index (χ3n) is 2.52. The highest BCUT2D eigenvalue weighted by atomic mass is 35.5. The molecule has 2 heterocycles. The van der Waals surface area contributed by atoms with Crippen molar-refractivity contribution in [3.05, 3.63) is 23.1 Å². The SMILES string of the molecule is CCOC(=O)c1cn2nc(Cl)cc(NC(=O)OC(C)(C)C)c2n1. The number of aromatic nitrogens is 3. The largest absolute Gasteiger partial charge is 0.461 e. The van der Waals surface area contributed by atoms with E-state index in [0.717, 1.165) is 0 Å². The van der Waals surface area contributed by atoms with Crippen molar-refractivity contribution in [3.8, 4) is 0 Å². The Balaban J connectivity index is 2.35. The number of rotatable bonds is 3. The Labute approximate surface area is 137 Å². The van der Waals surface area contributed by atoms with Crippen molar-refractivity contribution in [1.82, 2.24) is 14.6 Å². The van der Waals surface area contributed by atoms with E-state index in [0.29, 0.717) is 0 Å². The summed E-state index contributed by atoms with van der Waals surface area (Å²) in [5.41, 5.74) is -0.0603. The fourth-order valence-electron chi connectivity index (χ4n) is 1.76. The molecule has 0 saturated carbocycles. The van der Waals surface area contributed by atoms with Crippen molar-refractivity contribution in [3.63, 3.8) is 0 Å². The molecule has 2 aromatic heterocycles. The number of carbonyl (C=O) groups is 2. The van der Waals surface area contributed by atoms with Gasteiger partial charge in [0.25, 0.3) is 0 Å². The van der Waals surface area contributed by atoms with Crippen LogP contribution in [0.3, 0.4) is 0 Å². The average Bonchev–Trinajstić information content (AvgIpc) is 2.80. The summed E-state index contributed by atoms with van der Waals surface area (Å²) in [7, 11) is 0. The van der Waals surface area contributed by atoms with Crippen LogP contribution in [-0.4, -0.2) is 38.9 Å². The maximum Gasteiger partial charge on any atom is 0.412 e. The molecule has 0 bridgehead atoms. The van der Waals surface area contributed by atoms with Crippen LogP contribution in [0.4, 0.5) is 10.5 Å². The minimum Gasteiger partial charge on any atom is -0.461 e. The molecule has 2 rings (SSSR count). The van der Waals surface area contributed by atoms with Gasteiger partial charge in [-0.05, 0) is 27.7 Å². The molecular formula is C14H17ClN4O4. The molecule has 124 valence electrons. The first-order valence-electron chi connectivity index (χ1n) is 6.92. The van der Waals surface area contributed by atoms with Crippen molar-refractivity contribution < 1.29 is 19.1 Å². The molecule has 1 N–H and O–H groups in total. The smallest absolute Gasteiger partial charge is 0.412 e. The van der Waals surface area contributed by atoms with Crippen LogP contribution >= 0.6 is 11.6 Å². The highest BCUT2D eigenvalue weighted by Gasteiger charge is 2.20. The summed E-state index contributed by atoms with van der Waals surface area (Å²) in [5.74, 6) is -0.586. The lowest BCUT2D eigenvalue weighted by molar-refractivity contribution is 0.0519. The van der Waals surface area contributed by atoms with Crippen LogP contribution in [0, 0.1) is 0 Å². The van der Waals surface area contributed by atoms with Gasteiger partial charge in [0.1, 0.15) is 5.60 Å². The maximum absolute atomic E-state index is 11.9. The Morgan fingerprint density at radius 3 is 2.70 bits per heavy atom. The number of ether oxygens (including phenoxy) is 2. The van der Waals surface area contributed by atoms with Crippen LogP contribution < -0.4 is 5.32 Å². The second-order valence-corrected chi connectivity index (χ2v) is 6.01. The fourth-order valence-corrected chi connectivity index (χ4v) is 1.95. The quantitative estimate of drug-likeness (QED) is 0.863. The van der Waals surface area contributed by atoms with Gasteiger partial charge in [0.15, 0.2) is 16.5 Å². The number of imidazole rings is 1. The van der Waals surface area contributed by atoms with Crippen molar-refractivity contribution in [2.75, 3.05) is 11.9 Å². The highest BCUT2D eigenvalue weighted by molar-refractivity contribution is 6.29. The molecule has 9 heteroatoms. The van der Waals surface area contributed by atoms with E-state index in [1.54, 1.807) is 27.7 Å². The molecule has 8 nitrogen and oxygen atoms in total. The molecule has 0 atom stereocenters. The van der Waals surface area contributed by atoms with Crippen molar-refractivity contribution >= 4 is 35.0 Å². The molecule has 1 amide bonds. The predicted molar refractivity (Wildman–Crippen MR) is 83.8 cm³/mol. The van der Waals surface area contributed by atoms with E-state index < -0.39 is 17.7 Å². The van der Waals surface area contributed by atoms with Crippen molar-refractivity contribution in [2.45, 2.75) is 33.3 Å². The Morgan fingerprint density at radius 1 is 1.39 bits per heavy atom. The maximum atomic E-state index is 11.9. The zero-order valence-electron chi connectivity index (χ0n) is 13.2. The summed E-state index contributed by atoms with van der Waals surface area (Å²) in [5, 5.41) is 6.67. The first kappa shape index (κ1) is 17.0. The second kappa shape index (κ2) is 6.41. The monoisotopic (exact) mass is 340 g/mol. The Morgan fingerprint density at radius 2 is 2.09 bits per heavy atom. The Kier molecular flexibility index (Phi) is 4.74. The summed E-state index contributed by atoms with van der Waals surface area (Å²) in [6.45, 7) is 7.16. The van der Waals surface area contributed by atoms with Gasteiger partial charge in [-0.15, -0.1) is 0 Å². The Bertz CT molecular complexity index is 751. The normalized spacial score (nSPS) is 11.3. The first-order chi connectivity index (χ1) is 10.7. The number of amides is 1. The van der Waals surface area contributed by atoms with Crippen molar-refractivity contribution in [1.29, 1.82) is 0 Å². The number of anilines is 1. The van der Waals surface area contributed by atoms with Crippen LogP contribution in [0.15, 0.2) is 12.3 Å². The van der Waals surface area contributed by atoms with Gasteiger partial charge in [0, 0.05) is 6.07 Å². The minimum absolute atomic E-state index is 0.0638. The summed E-state index contributed by atoms with van der Waals surface area (Å²) < 4.78 is 11.4. The van der Waals surface area contributed by atoms with Gasteiger partial charge in [-0.2, -0.15) is 5.10 Å². The predicted octanol–water partition coefficient (Wildman–Crippen LogP) is 2.91. The standard InChI is InChI=1S/C14H17ClN4O4/c1-5-22-12(20)9-7-19-11(16-9)8(6-10(15)18-19)17-13(21)23-14(2,3)4/h6-7H,5H2,1-4H3,(H,17,21). The molecule has 0 aromatic carbocycles. The van der Waals surface area contributed by atoms with Gasteiger partial charge in [0.2, 0.25) is 0 Å². The topological polar surface area (TPSA) is 94.8 Å². The summed E-state index contributed by atoms with van der Waals surface area (Å²) in [4.78, 5) is 27.8. The molecule has 0 aliphatic rings. The average molecular weight is 341 g/mol. The second-order valence-electron chi connectivity index (χ2n) is 5.62. The molecule has 0 radical (unpaired) electrons. The molecule has 0 aliphatic heterocycles. The molecule has 2 aromatic rings. The van der Waals surface area contributed by atoms with Crippen LogP contribution in [0.1, 0.15) is 38.2 Å². The number of hydrogen-bond donors (Lipinski definition) is 1. The zero-order chi connectivity index (χ0) is 17.2. The minimum atomic E-state index is -0.664. The van der Waals surface area contributed by atoms with E-state index in [9.17, 15) is 9.59 Å². The van der Waals surface area contributed by atoms with Gasteiger partial charge >= 0.3 is 12.1 Å². The third-order valence-corrected chi connectivity index (χ3v) is 2.70.